The maximum absolute atomic E-state index is 5.33. The smallest absolute Gasteiger partial charge is 0.0598 e. The Morgan fingerprint density at radius 1 is 1.35 bits per heavy atom. The summed E-state index contributed by atoms with van der Waals surface area (Å²) >= 11 is 0. The highest BCUT2D eigenvalue weighted by Gasteiger charge is 2.22. The number of hydrogen-bond donors (Lipinski definition) is 1. The second kappa shape index (κ2) is 6.42. The van der Waals surface area contributed by atoms with Gasteiger partial charge in [-0.3, -0.25) is 4.90 Å². The molecule has 1 heterocycles. The van der Waals surface area contributed by atoms with Gasteiger partial charge in [-0.1, -0.05) is 33.6 Å². The maximum Gasteiger partial charge on any atom is 0.0598 e. The maximum atomic E-state index is 5.33. The van der Waals surface area contributed by atoms with E-state index in [0.29, 0.717) is 17.4 Å². The third kappa shape index (κ3) is 5.10. The van der Waals surface area contributed by atoms with Crippen molar-refractivity contribution in [2.75, 3.05) is 26.2 Å². The first-order valence-corrected chi connectivity index (χ1v) is 6.82. The van der Waals surface area contributed by atoms with Crippen LogP contribution in [0, 0.1) is 23.7 Å². The zero-order valence-corrected chi connectivity index (χ0v) is 11.9. The molecular formula is C15H28N2. The van der Waals surface area contributed by atoms with Gasteiger partial charge in [-0.05, 0) is 30.7 Å². The minimum atomic E-state index is 0.400. The van der Waals surface area contributed by atoms with Gasteiger partial charge >= 0.3 is 0 Å². The molecule has 98 valence electrons. The quantitative estimate of drug-likeness (QED) is 0.754. The molecule has 0 amide bonds. The van der Waals surface area contributed by atoms with E-state index in [1.807, 2.05) is 0 Å². The molecule has 0 aromatic heterocycles. The summed E-state index contributed by atoms with van der Waals surface area (Å²) in [5, 5.41) is 3.71. The molecule has 0 bridgehead atoms. The molecule has 0 radical (unpaired) electrons. The normalized spacial score (nSPS) is 21.1. The van der Waals surface area contributed by atoms with E-state index in [9.17, 15) is 0 Å². The minimum absolute atomic E-state index is 0.400. The zero-order valence-electron chi connectivity index (χ0n) is 11.9. The first-order valence-electron chi connectivity index (χ1n) is 6.82. The number of nitrogens with zero attached hydrogens (tertiary/aromatic N) is 1. The van der Waals surface area contributed by atoms with Crippen molar-refractivity contribution in [2.24, 2.45) is 11.3 Å². The van der Waals surface area contributed by atoms with Crippen LogP contribution in [-0.2, 0) is 0 Å². The molecule has 1 fully saturated rings. The summed E-state index contributed by atoms with van der Waals surface area (Å²) < 4.78 is 0. The molecule has 2 heteroatoms. The standard InChI is InChI=1S/C15H28N2/c1-6-9-17-10-7-14(8-11-17)16-12-13(2)15(3,4)5/h1,13-14,16H,7-12H2,2-5H3. The van der Waals surface area contributed by atoms with Gasteiger partial charge in [-0.2, -0.15) is 0 Å². The highest BCUT2D eigenvalue weighted by atomic mass is 15.1. The van der Waals surface area contributed by atoms with E-state index in [2.05, 4.69) is 43.8 Å². The SMILES string of the molecule is C#CCN1CCC(NCC(C)C(C)(C)C)CC1. The van der Waals surface area contributed by atoms with E-state index < -0.39 is 0 Å². The highest BCUT2D eigenvalue weighted by molar-refractivity contribution is 4.90. The largest absolute Gasteiger partial charge is 0.314 e. The molecule has 0 aromatic rings. The van der Waals surface area contributed by atoms with Gasteiger partial charge < -0.3 is 5.32 Å². The number of terminal acetylenes is 1. The van der Waals surface area contributed by atoms with Gasteiger partial charge in [0.25, 0.3) is 0 Å². The van der Waals surface area contributed by atoms with Crippen molar-refractivity contribution in [1.82, 2.24) is 10.2 Å². The van der Waals surface area contributed by atoms with Crippen molar-refractivity contribution in [1.29, 1.82) is 0 Å². The fraction of sp³-hybridized carbons (Fsp3) is 0.867. The van der Waals surface area contributed by atoms with Crippen LogP contribution in [0.5, 0.6) is 0 Å². The monoisotopic (exact) mass is 236 g/mol. The predicted octanol–water partition coefficient (Wildman–Crippen LogP) is 2.36. The van der Waals surface area contributed by atoms with Crippen LogP contribution in [-0.4, -0.2) is 37.1 Å². The zero-order chi connectivity index (χ0) is 12.9. The topological polar surface area (TPSA) is 15.3 Å². The molecule has 0 aliphatic carbocycles. The molecule has 0 spiro atoms. The lowest BCUT2D eigenvalue weighted by atomic mass is 9.82. The van der Waals surface area contributed by atoms with E-state index in [1.165, 1.54) is 12.8 Å². The fourth-order valence-corrected chi connectivity index (χ4v) is 2.07. The van der Waals surface area contributed by atoms with Gasteiger partial charge in [0.05, 0.1) is 6.54 Å². The van der Waals surface area contributed by atoms with Crippen molar-refractivity contribution in [2.45, 2.75) is 46.6 Å². The fourth-order valence-electron chi connectivity index (χ4n) is 2.07. The van der Waals surface area contributed by atoms with Gasteiger partial charge in [-0.15, -0.1) is 6.42 Å². The Hall–Kier alpha value is -0.520. The molecule has 1 N–H and O–H groups in total. The van der Waals surface area contributed by atoms with Crippen LogP contribution in [0.15, 0.2) is 0 Å². The highest BCUT2D eigenvalue weighted by Crippen LogP contribution is 2.24. The summed E-state index contributed by atoms with van der Waals surface area (Å²) in [5.41, 5.74) is 0.400. The lowest BCUT2D eigenvalue weighted by Gasteiger charge is -2.34. The second-order valence-corrected chi connectivity index (χ2v) is 6.43. The van der Waals surface area contributed by atoms with Gasteiger partial charge in [0.2, 0.25) is 0 Å². The lowest BCUT2D eigenvalue weighted by molar-refractivity contribution is 0.196. The van der Waals surface area contributed by atoms with Crippen LogP contribution in [0.1, 0.15) is 40.5 Å². The van der Waals surface area contributed by atoms with Crippen LogP contribution in [0.2, 0.25) is 0 Å². The summed E-state index contributed by atoms with van der Waals surface area (Å²) in [5.74, 6) is 3.44. The number of hydrogen-bond acceptors (Lipinski definition) is 2. The van der Waals surface area contributed by atoms with E-state index >= 15 is 0 Å². The molecule has 0 aromatic carbocycles. The second-order valence-electron chi connectivity index (χ2n) is 6.43. The number of piperidine rings is 1. The number of nitrogens with one attached hydrogen (secondary N) is 1. The molecule has 1 unspecified atom stereocenters. The van der Waals surface area contributed by atoms with Crippen LogP contribution in [0.3, 0.4) is 0 Å². The van der Waals surface area contributed by atoms with Crippen LogP contribution in [0.4, 0.5) is 0 Å². The number of likely N-dealkylation sites (tertiary alicyclic amines) is 1. The third-order valence-electron chi connectivity index (χ3n) is 4.09. The molecule has 1 aliphatic rings. The van der Waals surface area contributed by atoms with Gasteiger partial charge in [0, 0.05) is 19.1 Å². The first-order chi connectivity index (χ1) is 7.93. The summed E-state index contributed by atoms with van der Waals surface area (Å²) in [6.45, 7) is 13.5. The van der Waals surface area contributed by atoms with E-state index in [1.54, 1.807) is 0 Å². The predicted molar refractivity (Wildman–Crippen MR) is 74.9 cm³/mol. The molecule has 1 saturated heterocycles. The first kappa shape index (κ1) is 14.5. The van der Waals surface area contributed by atoms with Crippen molar-refractivity contribution in [3.8, 4) is 12.3 Å². The summed E-state index contributed by atoms with van der Waals surface area (Å²) in [6, 6.07) is 0.689. The molecule has 1 aliphatic heterocycles. The molecule has 17 heavy (non-hydrogen) atoms. The Balaban J connectivity index is 2.21. The van der Waals surface area contributed by atoms with Gasteiger partial charge in [-0.25, -0.2) is 0 Å². The Labute approximate surface area is 107 Å². The Morgan fingerprint density at radius 2 is 1.94 bits per heavy atom. The average molecular weight is 236 g/mol. The van der Waals surface area contributed by atoms with Gasteiger partial charge in [0.1, 0.15) is 0 Å². The summed E-state index contributed by atoms with van der Waals surface area (Å²) in [7, 11) is 0. The van der Waals surface area contributed by atoms with Crippen molar-refractivity contribution >= 4 is 0 Å². The Kier molecular flexibility index (Phi) is 5.49. The summed E-state index contributed by atoms with van der Waals surface area (Å²) in [6.07, 6.45) is 7.80. The average Bonchev–Trinajstić information content (AvgIpc) is 2.27. The van der Waals surface area contributed by atoms with Crippen LogP contribution in [0.25, 0.3) is 0 Å². The summed E-state index contributed by atoms with van der Waals surface area (Å²) in [4.78, 5) is 2.37. The van der Waals surface area contributed by atoms with E-state index in [-0.39, 0.29) is 0 Å². The lowest BCUT2D eigenvalue weighted by Crippen LogP contribution is -2.44. The number of rotatable bonds is 4. The van der Waals surface area contributed by atoms with E-state index in [4.69, 9.17) is 6.42 Å². The Morgan fingerprint density at radius 3 is 2.41 bits per heavy atom. The molecule has 1 atom stereocenters. The third-order valence-corrected chi connectivity index (χ3v) is 4.09. The molecule has 1 rings (SSSR count). The van der Waals surface area contributed by atoms with Crippen molar-refractivity contribution in [3.63, 3.8) is 0 Å². The molecule has 2 nitrogen and oxygen atoms in total. The minimum Gasteiger partial charge on any atom is -0.314 e. The Bertz CT molecular complexity index is 251. The van der Waals surface area contributed by atoms with Crippen molar-refractivity contribution < 1.29 is 0 Å². The molecule has 0 saturated carbocycles. The van der Waals surface area contributed by atoms with Crippen LogP contribution >= 0.6 is 0 Å². The van der Waals surface area contributed by atoms with Crippen LogP contribution < -0.4 is 5.32 Å². The van der Waals surface area contributed by atoms with Crippen molar-refractivity contribution in [3.05, 3.63) is 0 Å². The van der Waals surface area contributed by atoms with Gasteiger partial charge in [0.15, 0.2) is 0 Å². The van der Waals surface area contributed by atoms with E-state index in [0.717, 1.165) is 26.2 Å². The molecular weight excluding hydrogens is 208 g/mol.